The number of carbonyl (C=O) groups excluding carboxylic acids is 2. The van der Waals surface area contributed by atoms with Gasteiger partial charge in [0, 0.05) is 18.7 Å². The van der Waals surface area contributed by atoms with Crippen LogP contribution in [0.15, 0.2) is 30.5 Å². The van der Waals surface area contributed by atoms with Gasteiger partial charge >= 0.3 is 6.09 Å². The van der Waals surface area contributed by atoms with E-state index in [0.717, 1.165) is 0 Å². The molecule has 0 saturated carbocycles. The fourth-order valence-electron chi connectivity index (χ4n) is 2.77. The van der Waals surface area contributed by atoms with Crippen LogP contribution >= 0.6 is 0 Å². The smallest absolute Gasteiger partial charge is 0.414 e. The fraction of sp³-hybridized carbons (Fsp3) is 0.333. The van der Waals surface area contributed by atoms with Crippen LogP contribution in [0, 0.1) is 17.1 Å². The van der Waals surface area contributed by atoms with Gasteiger partial charge < -0.3 is 10.1 Å². The Morgan fingerprint density at radius 2 is 2.30 bits per heavy atom. The van der Waals surface area contributed by atoms with Crippen LogP contribution in [-0.4, -0.2) is 41.0 Å². The molecule has 9 heteroatoms. The number of nitrogens with zero attached hydrogens (tertiary/aromatic N) is 4. The Morgan fingerprint density at radius 3 is 3.00 bits per heavy atom. The van der Waals surface area contributed by atoms with Gasteiger partial charge in [-0.1, -0.05) is 0 Å². The molecule has 1 aromatic heterocycles. The van der Waals surface area contributed by atoms with Crippen molar-refractivity contribution in [2.24, 2.45) is 0 Å². The highest BCUT2D eigenvalue weighted by Gasteiger charge is 2.32. The van der Waals surface area contributed by atoms with Gasteiger partial charge in [-0.2, -0.15) is 10.4 Å². The van der Waals surface area contributed by atoms with E-state index < -0.39 is 18.0 Å². The number of aryl methyl sites for hydroxylation is 1. The number of aromatic nitrogens is 2. The van der Waals surface area contributed by atoms with Crippen molar-refractivity contribution in [1.29, 1.82) is 5.26 Å². The molecule has 1 atom stereocenters. The average molecular weight is 371 g/mol. The molecule has 2 amide bonds. The molecule has 1 N–H and O–H groups in total. The van der Waals surface area contributed by atoms with Crippen LogP contribution < -0.4 is 10.2 Å². The molecule has 1 aliphatic heterocycles. The largest absolute Gasteiger partial charge is 0.442 e. The summed E-state index contributed by atoms with van der Waals surface area (Å²) in [5.74, 6) is -0.731. The van der Waals surface area contributed by atoms with Crippen molar-refractivity contribution >= 4 is 17.7 Å². The Labute approximate surface area is 155 Å². The molecule has 1 aliphatic rings. The number of carbonyl (C=O) groups is 2. The molecule has 0 unspecified atom stereocenters. The number of hydrogen-bond acceptors (Lipinski definition) is 5. The van der Waals surface area contributed by atoms with Crippen LogP contribution in [0.4, 0.5) is 14.9 Å². The summed E-state index contributed by atoms with van der Waals surface area (Å²) in [6.07, 6.45) is 0.933. The van der Waals surface area contributed by atoms with Crippen molar-refractivity contribution in [3.63, 3.8) is 0 Å². The van der Waals surface area contributed by atoms with Gasteiger partial charge in [-0.25, -0.2) is 9.18 Å². The Hall–Kier alpha value is -3.41. The quantitative estimate of drug-likeness (QED) is 0.838. The molecule has 8 nitrogen and oxygen atoms in total. The maximum Gasteiger partial charge on any atom is 0.414 e. The number of halogens is 1. The number of benzene rings is 1. The van der Waals surface area contributed by atoms with E-state index in [1.165, 1.54) is 17.9 Å². The van der Waals surface area contributed by atoms with Crippen molar-refractivity contribution < 1.29 is 18.7 Å². The number of ether oxygens (including phenoxy) is 1. The molecular formula is C18H18FN5O3. The number of anilines is 1. The van der Waals surface area contributed by atoms with Crippen LogP contribution in [0.2, 0.25) is 0 Å². The number of nitrogens with one attached hydrogen (secondary N) is 1. The van der Waals surface area contributed by atoms with E-state index in [2.05, 4.69) is 10.4 Å². The third kappa shape index (κ3) is 4.23. The fourth-order valence-corrected chi connectivity index (χ4v) is 2.77. The van der Waals surface area contributed by atoms with Gasteiger partial charge in [0.2, 0.25) is 5.91 Å². The molecular weight excluding hydrogens is 353 g/mol. The zero-order chi connectivity index (χ0) is 19.4. The molecule has 2 heterocycles. The first-order valence-corrected chi connectivity index (χ1v) is 8.41. The molecule has 0 spiro atoms. The van der Waals surface area contributed by atoms with Crippen LogP contribution in [0.1, 0.15) is 13.3 Å². The summed E-state index contributed by atoms with van der Waals surface area (Å²) < 4.78 is 21.4. The standard InChI is InChI=1S/C18H18FN5O3/c1-12(25)21-10-14-11-24(18(26)27-14)13-3-4-15(16(19)9-13)17-5-8-23(22-17)7-2-6-20/h3-5,8-9,14H,2,7,10-11H2,1H3,(H,21,25)/t14-/m0/s1. The van der Waals surface area contributed by atoms with E-state index in [1.54, 1.807) is 29.1 Å². The van der Waals surface area contributed by atoms with Crippen molar-refractivity contribution in [2.75, 3.05) is 18.0 Å². The van der Waals surface area contributed by atoms with Crippen LogP contribution in [-0.2, 0) is 16.1 Å². The zero-order valence-corrected chi connectivity index (χ0v) is 14.7. The normalized spacial score (nSPS) is 16.1. The molecule has 27 heavy (non-hydrogen) atoms. The Balaban J connectivity index is 1.73. The summed E-state index contributed by atoms with van der Waals surface area (Å²) in [5.41, 5.74) is 1.12. The second kappa shape index (κ2) is 7.86. The predicted molar refractivity (Wildman–Crippen MR) is 94.1 cm³/mol. The molecule has 0 aliphatic carbocycles. The van der Waals surface area contributed by atoms with Gasteiger partial charge in [-0.05, 0) is 24.3 Å². The zero-order valence-electron chi connectivity index (χ0n) is 14.7. The van der Waals surface area contributed by atoms with Crippen LogP contribution in [0.5, 0.6) is 0 Å². The maximum absolute atomic E-state index is 14.6. The van der Waals surface area contributed by atoms with Crippen molar-refractivity contribution in [2.45, 2.75) is 26.0 Å². The van der Waals surface area contributed by atoms with E-state index in [-0.39, 0.29) is 19.0 Å². The average Bonchev–Trinajstić information content (AvgIpc) is 3.24. The van der Waals surface area contributed by atoms with Gasteiger partial charge in [-0.15, -0.1) is 0 Å². The van der Waals surface area contributed by atoms with Crippen molar-refractivity contribution in [3.8, 4) is 17.3 Å². The Kier molecular flexibility index (Phi) is 5.35. The third-order valence-corrected chi connectivity index (χ3v) is 4.09. The lowest BCUT2D eigenvalue weighted by Crippen LogP contribution is -2.33. The maximum atomic E-state index is 14.6. The molecule has 3 rings (SSSR count). The molecule has 2 aromatic rings. The summed E-state index contributed by atoms with van der Waals surface area (Å²) in [7, 11) is 0. The predicted octanol–water partition coefficient (Wildman–Crippen LogP) is 2.06. The summed E-state index contributed by atoms with van der Waals surface area (Å²) >= 11 is 0. The number of hydrogen-bond donors (Lipinski definition) is 1. The highest BCUT2D eigenvalue weighted by molar-refractivity contribution is 5.90. The van der Waals surface area contributed by atoms with Gasteiger partial charge in [-0.3, -0.25) is 14.4 Å². The van der Waals surface area contributed by atoms with E-state index in [9.17, 15) is 14.0 Å². The first-order valence-electron chi connectivity index (χ1n) is 8.41. The van der Waals surface area contributed by atoms with E-state index in [0.29, 0.717) is 29.9 Å². The van der Waals surface area contributed by atoms with Crippen LogP contribution in [0.25, 0.3) is 11.3 Å². The lowest BCUT2D eigenvalue weighted by Gasteiger charge is -2.14. The molecule has 1 aromatic carbocycles. The summed E-state index contributed by atoms with van der Waals surface area (Å²) in [6.45, 7) is 2.24. The lowest BCUT2D eigenvalue weighted by atomic mass is 10.1. The Morgan fingerprint density at radius 1 is 1.48 bits per heavy atom. The van der Waals surface area contributed by atoms with E-state index >= 15 is 0 Å². The molecule has 1 fully saturated rings. The van der Waals surface area contributed by atoms with E-state index in [4.69, 9.17) is 10.00 Å². The number of nitriles is 1. The molecule has 140 valence electrons. The summed E-state index contributed by atoms with van der Waals surface area (Å²) in [6, 6.07) is 8.13. The summed E-state index contributed by atoms with van der Waals surface area (Å²) in [4.78, 5) is 24.3. The van der Waals surface area contributed by atoms with Gasteiger partial charge in [0.25, 0.3) is 0 Å². The number of amides is 2. The SMILES string of the molecule is CC(=O)NC[C@H]1CN(c2ccc(-c3ccn(CCC#N)n3)c(F)c2)C(=O)O1. The van der Waals surface area contributed by atoms with Crippen molar-refractivity contribution in [3.05, 3.63) is 36.3 Å². The number of rotatable bonds is 6. The highest BCUT2D eigenvalue weighted by Crippen LogP contribution is 2.28. The minimum atomic E-state index is -0.585. The van der Waals surface area contributed by atoms with Crippen LogP contribution in [0.3, 0.4) is 0 Å². The minimum Gasteiger partial charge on any atom is -0.442 e. The Bertz CT molecular complexity index is 905. The second-order valence-corrected chi connectivity index (χ2v) is 6.09. The minimum absolute atomic E-state index is 0.207. The summed E-state index contributed by atoms with van der Waals surface area (Å²) in [5, 5.41) is 15.5. The number of cyclic esters (lactones) is 1. The third-order valence-electron chi connectivity index (χ3n) is 4.09. The monoisotopic (exact) mass is 371 g/mol. The first kappa shape index (κ1) is 18.4. The lowest BCUT2D eigenvalue weighted by molar-refractivity contribution is -0.119. The second-order valence-electron chi connectivity index (χ2n) is 6.09. The topological polar surface area (TPSA) is 100 Å². The van der Waals surface area contributed by atoms with Crippen molar-refractivity contribution in [1.82, 2.24) is 15.1 Å². The molecule has 0 radical (unpaired) electrons. The van der Waals surface area contributed by atoms with Gasteiger partial charge in [0.05, 0.1) is 43.5 Å². The highest BCUT2D eigenvalue weighted by atomic mass is 19.1. The molecule has 1 saturated heterocycles. The first-order chi connectivity index (χ1) is 13.0. The van der Waals surface area contributed by atoms with Gasteiger partial charge in [0.15, 0.2) is 0 Å². The molecule has 0 bridgehead atoms. The van der Waals surface area contributed by atoms with E-state index in [1.807, 2.05) is 6.07 Å². The van der Waals surface area contributed by atoms with Gasteiger partial charge in [0.1, 0.15) is 11.9 Å².